The van der Waals surface area contributed by atoms with Crippen molar-refractivity contribution < 1.29 is 9.21 Å². The number of anilines is 1. The molecule has 1 aromatic carbocycles. The summed E-state index contributed by atoms with van der Waals surface area (Å²) in [7, 11) is 0. The largest absolute Gasteiger partial charge is 0.444 e. The molecule has 2 aromatic heterocycles. The van der Waals surface area contributed by atoms with E-state index >= 15 is 0 Å². The predicted molar refractivity (Wildman–Crippen MR) is 89.9 cm³/mol. The molecule has 0 radical (unpaired) electrons. The molecule has 0 saturated carbocycles. The van der Waals surface area contributed by atoms with E-state index in [1.54, 1.807) is 32.0 Å². The standard InChI is InChI=1S/C18H16N4O2/c1-9-12(4)24-18(14(9)8-19)22-17(23)13-5-6-15-16(7-13)21-11(3)10(2)20-15/h5-7H,1-4H3,(H,22,23). The van der Waals surface area contributed by atoms with Crippen molar-refractivity contribution in [2.24, 2.45) is 0 Å². The van der Waals surface area contributed by atoms with Gasteiger partial charge in [0.1, 0.15) is 17.4 Å². The highest BCUT2D eigenvalue weighted by Gasteiger charge is 2.18. The number of furan rings is 1. The van der Waals surface area contributed by atoms with Crippen LogP contribution in [0.25, 0.3) is 11.0 Å². The van der Waals surface area contributed by atoms with Crippen LogP contribution >= 0.6 is 0 Å². The van der Waals surface area contributed by atoms with Crippen LogP contribution in [0, 0.1) is 39.0 Å². The first kappa shape index (κ1) is 15.7. The number of carbonyl (C=O) groups is 1. The normalized spacial score (nSPS) is 10.6. The summed E-state index contributed by atoms with van der Waals surface area (Å²) in [5.74, 6) is 0.420. The summed E-state index contributed by atoms with van der Waals surface area (Å²) >= 11 is 0. The Hall–Kier alpha value is -3.20. The fourth-order valence-electron chi connectivity index (χ4n) is 2.40. The van der Waals surface area contributed by atoms with Crippen LogP contribution in [-0.2, 0) is 0 Å². The van der Waals surface area contributed by atoms with Crippen molar-refractivity contribution in [2.45, 2.75) is 27.7 Å². The Kier molecular flexibility index (Phi) is 3.78. The molecule has 0 spiro atoms. The fourth-order valence-corrected chi connectivity index (χ4v) is 2.40. The van der Waals surface area contributed by atoms with Crippen molar-refractivity contribution in [1.82, 2.24) is 9.97 Å². The van der Waals surface area contributed by atoms with E-state index in [9.17, 15) is 10.1 Å². The third-order valence-corrected chi connectivity index (χ3v) is 4.06. The lowest BCUT2D eigenvalue weighted by Gasteiger charge is -2.06. The Bertz CT molecular complexity index is 1010. The van der Waals surface area contributed by atoms with Crippen molar-refractivity contribution in [3.05, 3.63) is 52.0 Å². The lowest BCUT2D eigenvalue weighted by Crippen LogP contribution is -2.12. The van der Waals surface area contributed by atoms with E-state index in [4.69, 9.17) is 4.42 Å². The smallest absolute Gasteiger partial charge is 0.258 e. The highest BCUT2D eigenvalue weighted by Crippen LogP contribution is 2.26. The van der Waals surface area contributed by atoms with E-state index in [2.05, 4.69) is 21.4 Å². The first-order chi connectivity index (χ1) is 11.4. The summed E-state index contributed by atoms with van der Waals surface area (Å²) in [6.07, 6.45) is 0. The van der Waals surface area contributed by atoms with E-state index in [0.29, 0.717) is 22.4 Å². The molecule has 1 N–H and O–H groups in total. The van der Waals surface area contributed by atoms with Gasteiger partial charge < -0.3 is 4.42 Å². The van der Waals surface area contributed by atoms with Gasteiger partial charge in [-0.2, -0.15) is 5.26 Å². The van der Waals surface area contributed by atoms with E-state index < -0.39 is 0 Å². The third-order valence-electron chi connectivity index (χ3n) is 4.06. The minimum atomic E-state index is -0.359. The van der Waals surface area contributed by atoms with Gasteiger partial charge in [0.15, 0.2) is 0 Å². The van der Waals surface area contributed by atoms with E-state index in [1.165, 1.54) is 0 Å². The summed E-state index contributed by atoms with van der Waals surface area (Å²) < 4.78 is 5.47. The average molecular weight is 320 g/mol. The van der Waals surface area contributed by atoms with Gasteiger partial charge in [-0.3, -0.25) is 10.1 Å². The summed E-state index contributed by atoms with van der Waals surface area (Å²) in [6, 6.07) is 7.17. The zero-order chi connectivity index (χ0) is 17.4. The zero-order valence-electron chi connectivity index (χ0n) is 13.9. The van der Waals surface area contributed by atoms with Crippen LogP contribution in [0.1, 0.15) is 38.6 Å². The SMILES string of the molecule is Cc1nc2ccc(C(=O)Nc3oc(C)c(C)c3C#N)cc2nc1C. The van der Waals surface area contributed by atoms with Crippen LogP contribution < -0.4 is 5.32 Å². The van der Waals surface area contributed by atoms with Gasteiger partial charge in [-0.25, -0.2) is 9.97 Å². The molecule has 0 aliphatic rings. The number of nitrogens with zero attached hydrogens (tertiary/aromatic N) is 3. The fraction of sp³-hybridized carbons (Fsp3) is 0.222. The second kappa shape index (κ2) is 5.78. The van der Waals surface area contributed by atoms with Gasteiger partial charge in [0.05, 0.1) is 22.4 Å². The second-order valence-electron chi connectivity index (χ2n) is 5.65. The summed E-state index contributed by atoms with van der Waals surface area (Å²) in [5.41, 5.74) is 4.56. The number of rotatable bonds is 2. The molecule has 0 saturated heterocycles. The van der Waals surface area contributed by atoms with Gasteiger partial charge in [-0.1, -0.05) is 0 Å². The number of fused-ring (bicyclic) bond motifs is 1. The summed E-state index contributed by atoms with van der Waals surface area (Å²) in [4.78, 5) is 21.4. The molecule has 1 amide bonds. The number of hydrogen-bond donors (Lipinski definition) is 1. The Morgan fingerprint density at radius 2 is 1.79 bits per heavy atom. The number of nitrogens with one attached hydrogen (secondary N) is 1. The number of hydrogen-bond acceptors (Lipinski definition) is 5. The van der Waals surface area contributed by atoms with Crippen molar-refractivity contribution in [2.75, 3.05) is 5.32 Å². The van der Waals surface area contributed by atoms with Gasteiger partial charge in [0.25, 0.3) is 5.91 Å². The van der Waals surface area contributed by atoms with E-state index in [0.717, 1.165) is 22.5 Å². The van der Waals surface area contributed by atoms with Gasteiger partial charge in [-0.05, 0) is 45.9 Å². The Balaban J connectivity index is 1.96. The molecule has 120 valence electrons. The molecule has 6 heteroatoms. The van der Waals surface area contributed by atoms with Gasteiger partial charge in [0.2, 0.25) is 5.88 Å². The lowest BCUT2D eigenvalue weighted by atomic mass is 10.1. The van der Waals surface area contributed by atoms with Crippen molar-refractivity contribution in [1.29, 1.82) is 5.26 Å². The maximum atomic E-state index is 12.5. The number of benzene rings is 1. The van der Waals surface area contributed by atoms with Crippen LogP contribution in [0.4, 0.5) is 5.88 Å². The molecule has 24 heavy (non-hydrogen) atoms. The monoisotopic (exact) mass is 320 g/mol. The maximum absolute atomic E-state index is 12.5. The summed E-state index contributed by atoms with van der Waals surface area (Å²) in [5, 5.41) is 11.9. The first-order valence-electron chi connectivity index (χ1n) is 7.47. The molecule has 0 atom stereocenters. The molecule has 3 rings (SSSR count). The summed E-state index contributed by atoms with van der Waals surface area (Å²) in [6.45, 7) is 7.31. The molecule has 0 bridgehead atoms. The highest BCUT2D eigenvalue weighted by atomic mass is 16.4. The van der Waals surface area contributed by atoms with E-state index in [1.807, 2.05) is 13.8 Å². The molecular weight excluding hydrogens is 304 g/mol. The van der Waals surface area contributed by atoms with Crippen LogP contribution in [0.3, 0.4) is 0 Å². The van der Waals surface area contributed by atoms with Crippen LogP contribution in [-0.4, -0.2) is 15.9 Å². The van der Waals surface area contributed by atoms with Crippen LogP contribution in [0.15, 0.2) is 22.6 Å². The molecule has 3 aromatic rings. The van der Waals surface area contributed by atoms with Gasteiger partial charge >= 0.3 is 0 Å². The highest BCUT2D eigenvalue weighted by molar-refractivity contribution is 6.05. The van der Waals surface area contributed by atoms with Crippen LogP contribution in [0.2, 0.25) is 0 Å². The predicted octanol–water partition coefficient (Wildman–Crippen LogP) is 3.58. The molecule has 0 aliphatic heterocycles. The molecule has 0 unspecified atom stereocenters. The van der Waals surface area contributed by atoms with Crippen molar-refractivity contribution in [3.63, 3.8) is 0 Å². The zero-order valence-corrected chi connectivity index (χ0v) is 13.9. The van der Waals surface area contributed by atoms with Gasteiger partial charge in [-0.15, -0.1) is 0 Å². The molecule has 0 fully saturated rings. The number of nitriles is 1. The number of aromatic nitrogens is 2. The first-order valence-corrected chi connectivity index (χ1v) is 7.47. The van der Waals surface area contributed by atoms with E-state index in [-0.39, 0.29) is 11.8 Å². The Labute approximate surface area is 139 Å². The minimum absolute atomic E-state index is 0.170. The van der Waals surface area contributed by atoms with Crippen molar-refractivity contribution >= 4 is 22.8 Å². The molecule has 6 nitrogen and oxygen atoms in total. The topological polar surface area (TPSA) is 91.8 Å². The Morgan fingerprint density at radius 1 is 1.12 bits per heavy atom. The lowest BCUT2D eigenvalue weighted by molar-refractivity contribution is 0.102. The number of aryl methyl sites for hydroxylation is 3. The maximum Gasteiger partial charge on any atom is 0.258 e. The average Bonchev–Trinajstić information content (AvgIpc) is 2.81. The van der Waals surface area contributed by atoms with Gasteiger partial charge in [0, 0.05) is 11.1 Å². The Morgan fingerprint density at radius 3 is 2.46 bits per heavy atom. The number of amides is 1. The second-order valence-corrected chi connectivity index (χ2v) is 5.65. The molecule has 2 heterocycles. The number of carbonyl (C=O) groups excluding carboxylic acids is 1. The quantitative estimate of drug-likeness (QED) is 0.779. The van der Waals surface area contributed by atoms with Crippen molar-refractivity contribution in [3.8, 4) is 6.07 Å². The minimum Gasteiger partial charge on any atom is -0.444 e. The molecule has 0 aliphatic carbocycles. The third kappa shape index (κ3) is 2.61. The van der Waals surface area contributed by atoms with Crippen LogP contribution in [0.5, 0.6) is 0 Å². The molecular formula is C18H16N4O2.